The van der Waals surface area contributed by atoms with Crippen LogP contribution < -0.4 is 4.90 Å². The first-order valence-electron chi connectivity index (χ1n) is 10.3. The Hall–Kier alpha value is -2.30. The van der Waals surface area contributed by atoms with Crippen molar-refractivity contribution in [3.63, 3.8) is 0 Å². The molecule has 1 amide bonds. The van der Waals surface area contributed by atoms with Crippen LogP contribution in [0.25, 0.3) is 5.82 Å². The molecule has 1 atom stereocenters. The fourth-order valence-electron chi connectivity index (χ4n) is 5.06. The van der Waals surface area contributed by atoms with Gasteiger partial charge >= 0.3 is 0 Å². The zero-order valence-corrected chi connectivity index (χ0v) is 16.3. The third-order valence-electron chi connectivity index (χ3n) is 6.59. The molecule has 1 spiro atoms. The lowest BCUT2D eigenvalue weighted by Crippen LogP contribution is -2.54. The Bertz CT molecular complexity index is 869. The summed E-state index contributed by atoms with van der Waals surface area (Å²) in [5, 5.41) is 0. The third-order valence-corrected chi connectivity index (χ3v) is 6.59. The summed E-state index contributed by atoms with van der Waals surface area (Å²) in [5.74, 6) is 2.18. The maximum atomic E-state index is 13.0. The molecule has 0 N–H and O–H groups in total. The van der Waals surface area contributed by atoms with Crippen LogP contribution in [0.4, 0.5) is 5.69 Å². The molecule has 2 aliphatic heterocycles. The lowest BCUT2D eigenvalue weighted by molar-refractivity contribution is -0.137. The largest absolute Gasteiger partial charge is 0.355 e. The normalized spacial score (nSPS) is 24.3. The van der Waals surface area contributed by atoms with Gasteiger partial charge in [0.1, 0.15) is 5.54 Å². The Morgan fingerprint density at radius 3 is 2.89 bits per heavy atom. The van der Waals surface area contributed by atoms with E-state index in [1.165, 1.54) is 17.8 Å². The molecule has 0 bridgehead atoms. The second-order valence-corrected chi connectivity index (χ2v) is 8.78. The Labute approximate surface area is 161 Å². The average Bonchev–Trinajstić information content (AvgIpc) is 3.25. The van der Waals surface area contributed by atoms with Gasteiger partial charge in [-0.05, 0) is 49.4 Å². The van der Waals surface area contributed by atoms with Crippen molar-refractivity contribution in [2.75, 3.05) is 24.5 Å². The van der Waals surface area contributed by atoms with Gasteiger partial charge in [-0.1, -0.05) is 20.3 Å². The van der Waals surface area contributed by atoms with Crippen LogP contribution >= 0.6 is 0 Å². The Morgan fingerprint density at radius 2 is 2.15 bits per heavy atom. The molecule has 2 aromatic rings. The summed E-state index contributed by atoms with van der Waals surface area (Å²) in [7, 11) is 0. The maximum Gasteiger partial charge on any atom is 0.225 e. The highest BCUT2D eigenvalue weighted by Crippen LogP contribution is 2.47. The van der Waals surface area contributed by atoms with Gasteiger partial charge in [-0.2, -0.15) is 0 Å². The van der Waals surface area contributed by atoms with E-state index in [1.54, 1.807) is 0 Å². The van der Waals surface area contributed by atoms with Crippen LogP contribution in [-0.4, -0.2) is 40.0 Å². The predicted molar refractivity (Wildman–Crippen MR) is 106 cm³/mol. The van der Waals surface area contributed by atoms with Gasteiger partial charge in [-0.3, -0.25) is 4.79 Å². The van der Waals surface area contributed by atoms with Crippen molar-refractivity contribution < 1.29 is 4.79 Å². The molecule has 0 radical (unpaired) electrons. The molecule has 2 fully saturated rings. The molecule has 142 valence electrons. The van der Waals surface area contributed by atoms with E-state index in [1.807, 2.05) is 12.3 Å². The van der Waals surface area contributed by atoms with Gasteiger partial charge in [-0.25, -0.2) is 4.98 Å². The number of rotatable bonds is 3. The van der Waals surface area contributed by atoms with Gasteiger partial charge in [0, 0.05) is 37.9 Å². The van der Waals surface area contributed by atoms with Crippen LogP contribution in [0, 0.1) is 11.8 Å². The SMILES string of the molecule is CC(C)CN1c2cccnc2-n2cccc2[C@]12CCN(C(=O)C1CCC1)C2. The maximum absolute atomic E-state index is 13.0. The van der Waals surface area contributed by atoms with Crippen molar-refractivity contribution in [1.29, 1.82) is 0 Å². The first-order chi connectivity index (χ1) is 13.1. The molecule has 2 aromatic heterocycles. The number of likely N-dealkylation sites (tertiary alicyclic amines) is 1. The van der Waals surface area contributed by atoms with Crippen molar-refractivity contribution in [1.82, 2.24) is 14.5 Å². The number of fused-ring (bicyclic) bond motifs is 4. The van der Waals surface area contributed by atoms with E-state index in [9.17, 15) is 4.79 Å². The average molecular weight is 364 g/mol. The van der Waals surface area contributed by atoms with Gasteiger partial charge < -0.3 is 14.4 Å². The van der Waals surface area contributed by atoms with Crippen molar-refractivity contribution in [3.8, 4) is 5.82 Å². The summed E-state index contributed by atoms with van der Waals surface area (Å²) in [6, 6.07) is 8.56. The van der Waals surface area contributed by atoms with Crippen LogP contribution in [0.1, 0.15) is 45.2 Å². The third kappa shape index (κ3) is 2.43. The number of carbonyl (C=O) groups is 1. The minimum Gasteiger partial charge on any atom is -0.355 e. The Balaban J connectivity index is 1.59. The highest BCUT2D eigenvalue weighted by Gasteiger charge is 2.51. The monoisotopic (exact) mass is 364 g/mol. The topological polar surface area (TPSA) is 41.4 Å². The zero-order chi connectivity index (χ0) is 18.6. The molecule has 3 aliphatic rings. The summed E-state index contributed by atoms with van der Waals surface area (Å²) in [6.45, 7) is 7.14. The lowest BCUT2D eigenvalue weighted by Gasteiger charge is -2.48. The second-order valence-electron chi connectivity index (χ2n) is 8.78. The van der Waals surface area contributed by atoms with Crippen molar-refractivity contribution in [2.24, 2.45) is 11.8 Å². The molecule has 0 aromatic carbocycles. The molecule has 27 heavy (non-hydrogen) atoms. The summed E-state index contributed by atoms with van der Waals surface area (Å²) in [5.41, 5.74) is 2.31. The molecule has 5 nitrogen and oxygen atoms in total. The van der Waals surface area contributed by atoms with E-state index in [4.69, 9.17) is 4.98 Å². The zero-order valence-electron chi connectivity index (χ0n) is 16.3. The molecule has 5 heteroatoms. The predicted octanol–water partition coefficient (Wildman–Crippen LogP) is 3.58. The van der Waals surface area contributed by atoms with E-state index >= 15 is 0 Å². The van der Waals surface area contributed by atoms with E-state index in [2.05, 4.69) is 52.6 Å². The fourth-order valence-corrected chi connectivity index (χ4v) is 5.06. The Kier molecular flexibility index (Phi) is 3.81. The number of pyridine rings is 1. The number of hydrogen-bond acceptors (Lipinski definition) is 3. The summed E-state index contributed by atoms with van der Waals surface area (Å²) < 4.78 is 2.24. The van der Waals surface area contributed by atoms with Crippen LogP contribution in [0.5, 0.6) is 0 Å². The number of aromatic nitrogens is 2. The van der Waals surface area contributed by atoms with Gasteiger partial charge in [0.05, 0.1) is 11.4 Å². The number of amides is 1. The highest BCUT2D eigenvalue weighted by atomic mass is 16.2. The van der Waals surface area contributed by atoms with Crippen molar-refractivity contribution in [2.45, 2.75) is 45.1 Å². The molecule has 0 unspecified atom stereocenters. The van der Waals surface area contributed by atoms with E-state index < -0.39 is 0 Å². The summed E-state index contributed by atoms with van der Waals surface area (Å²) in [4.78, 5) is 22.3. The fraction of sp³-hybridized carbons (Fsp3) is 0.545. The first kappa shape index (κ1) is 16.8. The van der Waals surface area contributed by atoms with Gasteiger partial charge in [0.2, 0.25) is 5.91 Å². The van der Waals surface area contributed by atoms with Crippen LogP contribution in [-0.2, 0) is 10.3 Å². The molecule has 4 heterocycles. The highest BCUT2D eigenvalue weighted by molar-refractivity contribution is 5.80. The molecular formula is C22H28N4O. The van der Waals surface area contributed by atoms with Gasteiger partial charge in [0.25, 0.3) is 0 Å². The van der Waals surface area contributed by atoms with Crippen LogP contribution in [0.3, 0.4) is 0 Å². The molecule has 1 aliphatic carbocycles. The summed E-state index contributed by atoms with van der Waals surface area (Å²) in [6.07, 6.45) is 8.32. The van der Waals surface area contributed by atoms with E-state index in [0.717, 1.165) is 44.7 Å². The van der Waals surface area contributed by atoms with E-state index in [0.29, 0.717) is 11.8 Å². The number of anilines is 1. The van der Waals surface area contributed by atoms with Crippen molar-refractivity contribution >= 4 is 11.6 Å². The van der Waals surface area contributed by atoms with Crippen molar-refractivity contribution in [3.05, 3.63) is 42.4 Å². The molecule has 5 rings (SSSR count). The quantitative estimate of drug-likeness (QED) is 0.836. The minimum atomic E-state index is -0.150. The number of hydrogen-bond donors (Lipinski definition) is 0. The molecular weight excluding hydrogens is 336 g/mol. The van der Waals surface area contributed by atoms with E-state index in [-0.39, 0.29) is 11.5 Å². The first-order valence-corrected chi connectivity index (χ1v) is 10.3. The smallest absolute Gasteiger partial charge is 0.225 e. The Morgan fingerprint density at radius 1 is 1.30 bits per heavy atom. The molecule has 1 saturated heterocycles. The molecule has 1 saturated carbocycles. The number of nitrogens with zero attached hydrogens (tertiary/aromatic N) is 4. The van der Waals surface area contributed by atoms with Crippen LogP contribution in [0.15, 0.2) is 36.7 Å². The van der Waals surface area contributed by atoms with Gasteiger partial charge in [-0.15, -0.1) is 0 Å². The summed E-state index contributed by atoms with van der Waals surface area (Å²) >= 11 is 0. The van der Waals surface area contributed by atoms with Gasteiger partial charge in [0.15, 0.2) is 5.82 Å². The number of carbonyl (C=O) groups excluding carboxylic acids is 1. The lowest BCUT2D eigenvalue weighted by atomic mass is 9.84. The van der Waals surface area contributed by atoms with Crippen LogP contribution in [0.2, 0.25) is 0 Å². The standard InChI is InChI=1S/C22H28N4O/c1-16(2)14-26-18-8-4-11-23-20(18)25-12-5-9-19(25)22(26)10-13-24(15-22)21(27)17-6-3-7-17/h4-5,8-9,11-12,16-17H,3,6-7,10,13-15H2,1-2H3/t22-/m1/s1. The second kappa shape index (κ2) is 6.11. The minimum absolute atomic E-state index is 0.150.